The Morgan fingerprint density at radius 2 is 2.36 bits per heavy atom. The van der Waals surface area contributed by atoms with Crippen LogP contribution in [0.3, 0.4) is 0 Å². The Morgan fingerprint density at radius 3 is 2.73 bits per heavy atom. The number of aliphatic imine (C=N–C) groups is 1. The van der Waals surface area contributed by atoms with Crippen LogP contribution in [0, 0.1) is 6.92 Å². The molecule has 1 aromatic heterocycles. The van der Waals surface area contributed by atoms with E-state index < -0.39 is 0 Å². The molecule has 0 aliphatic carbocycles. The Hall–Kier alpha value is -0.830. The van der Waals surface area contributed by atoms with Gasteiger partial charge in [0.15, 0.2) is 0 Å². The lowest BCUT2D eigenvalue weighted by Gasteiger charge is -1.96. The molecule has 11 heavy (non-hydrogen) atoms. The first-order valence-electron chi connectivity index (χ1n) is 3.16. The summed E-state index contributed by atoms with van der Waals surface area (Å²) in [5.74, 6) is 0.768. The standard InChI is InChI=1S/C8H9BrN2/c1-5-4-11-8(10-3)7(5)6(2)9/h4,11H,2-3H2,1H3. The van der Waals surface area contributed by atoms with E-state index in [9.17, 15) is 0 Å². The van der Waals surface area contributed by atoms with Crippen molar-refractivity contribution in [2.45, 2.75) is 6.92 Å². The second kappa shape index (κ2) is 3.05. The van der Waals surface area contributed by atoms with Crippen molar-refractivity contribution < 1.29 is 0 Å². The third kappa shape index (κ3) is 1.43. The number of halogens is 1. The number of aromatic nitrogens is 1. The van der Waals surface area contributed by atoms with E-state index >= 15 is 0 Å². The Bertz CT molecular complexity index is 299. The SMILES string of the molecule is C=Nc1[nH]cc(C)c1C(=C)Br. The molecule has 1 heterocycles. The van der Waals surface area contributed by atoms with Crippen molar-refractivity contribution in [3.05, 3.63) is 23.9 Å². The molecule has 58 valence electrons. The molecular formula is C8H9BrN2. The number of aryl methyl sites for hydroxylation is 1. The molecule has 1 aromatic rings. The molecule has 2 nitrogen and oxygen atoms in total. The van der Waals surface area contributed by atoms with Crippen molar-refractivity contribution in [1.29, 1.82) is 0 Å². The number of nitrogens with one attached hydrogen (secondary N) is 1. The lowest BCUT2D eigenvalue weighted by Crippen LogP contribution is -1.74. The van der Waals surface area contributed by atoms with Crippen LogP contribution in [0.25, 0.3) is 4.48 Å². The molecule has 0 atom stereocenters. The van der Waals surface area contributed by atoms with Gasteiger partial charge in [-0.2, -0.15) is 0 Å². The molecule has 1 rings (SSSR count). The van der Waals surface area contributed by atoms with Crippen molar-refractivity contribution in [3.8, 4) is 0 Å². The summed E-state index contributed by atoms with van der Waals surface area (Å²) >= 11 is 3.30. The summed E-state index contributed by atoms with van der Waals surface area (Å²) in [6.45, 7) is 9.21. The maximum Gasteiger partial charge on any atom is 0.137 e. The van der Waals surface area contributed by atoms with Crippen molar-refractivity contribution in [2.24, 2.45) is 4.99 Å². The molecule has 0 saturated carbocycles. The van der Waals surface area contributed by atoms with Gasteiger partial charge in [-0.25, -0.2) is 4.99 Å². The Labute approximate surface area is 74.2 Å². The predicted octanol–water partition coefficient (Wildman–Crippen LogP) is 3.02. The summed E-state index contributed by atoms with van der Waals surface area (Å²) in [4.78, 5) is 6.80. The maximum absolute atomic E-state index is 3.82. The molecule has 3 heteroatoms. The fourth-order valence-corrected chi connectivity index (χ4v) is 1.48. The Morgan fingerprint density at radius 1 is 1.73 bits per heavy atom. The van der Waals surface area contributed by atoms with Crippen LogP contribution in [0.2, 0.25) is 0 Å². The monoisotopic (exact) mass is 212 g/mol. The van der Waals surface area contributed by atoms with Gasteiger partial charge in [-0.1, -0.05) is 22.5 Å². The fourth-order valence-electron chi connectivity index (χ4n) is 0.975. The average Bonchev–Trinajstić information content (AvgIpc) is 2.30. The van der Waals surface area contributed by atoms with Crippen molar-refractivity contribution in [3.63, 3.8) is 0 Å². The Kier molecular flexibility index (Phi) is 2.29. The van der Waals surface area contributed by atoms with Gasteiger partial charge in [0.05, 0.1) is 0 Å². The van der Waals surface area contributed by atoms with Crippen molar-refractivity contribution in [1.82, 2.24) is 4.98 Å². The van der Waals surface area contributed by atoms with Gasteiger partial charge in [-0.15, -0.1) is 0 Å². The number of nitrogens with zero attached hydrogens (tertiary/aromatic N) is 1. The van der Waals surface area contributed by atoms with E-state index in [0.717, 1.165) is 21.4 Å². The minimum Gasteiger partial charge on any atom is -0.346 e. The highest BCUT2D eigenvalue weighted by molar-refractivity contribution is 9.15. The third-order valence-corrected chi connectivity index (χ3v) is 1.88. The zero-order valence-corrected chi connectivity index (χ0v) is 7.90. The van der Waals surface area contributed by atoms with Crippen LogP contribution in [-0.2, 0) is 0 Å². The molecule has 0 unspecified atom stereocenters. The largest absolute Gasteiger partial charge is 0.346 e. The first-order chi connectivity index (χ1) is 5.16. The van der Waals surface area contributed by atoms with Gasteiger partial charge in [0.25, 0.3) is 0 Å². The van der Waals surface area contributed by atoms with Crippen LogP contribution in [0.4, 0.5) is 5.82 Å². The molecule has 0 aliphatic heterocycles. The third-order valence-electron chi connectivity index (χ3n) is 1.49. The minimum absolute atomic E-state index is 0.768. The van der Waals surface area contributed by atoms with Crippen molar-refractivity contribution in [2.75, 3.05) is 0 Å². The van der Waals surface area contributed by atoms with E-state index in [4.69, 9.17) is 0 Å². The molecule has 0 bridgehead atoms. The predicted molar refractivity (Wildman–Crippen MR) is 52.7 cm³/mol. The first-order valence-corrected chi connectivity index (χ1v) is 3.95. The van der Waals surface area contributed by atoms with Crippen molar-refractivity contribution >= 4 is 32.9 Å². The summed E-state index contributed by atoms with van der Waals surface area (Å²) in [5, 5.41) is 0. The molecule has 0 aliphatic rings. The van der Waals surface area contributed by atoms with Gasteiger partial charge < -0.3 is 4.98 Å². The summed E-state index contributed by atoms with van der Waals surface area (Å²) in [7, 11) is 0. The second-order valence-corrected chi connectivity index (χ2v) is 3.22. The molecule has 0 amide bonds. The van der Waals surface area contributed by atoms with Crippen LogP contribution >= 0.6 is 15.9 Å². The van der Waals surface area contributed by atoms with Gasteiger partial charge in [0.1, 0.15) is 5.82 Å². The van der Waals surface area contributed by atoms with E-state index in [1.807, 2.05) is 13.1 Å². The van der Waals surface area contributed by atoms with E-state index in [-0.39, 0.29) is 0 Å². The number of hydrogen-bond donors (Lipinski definition) is 1. The first kappa shape index (κ1) is 8.27. The smallest absolute Gasteiger partial charge is 0.137 e. The van der Waals surface area contributed by atoms with Crippen LogP contribution < -0.4 is 0 Å². The molecule has 0 radical (unpaired) electrons. The molecule has 0 fully saturated rings. The number of H-pyrrole nitrogens is 1. The summed E-state index contributed by atoms with van der Waals surface area (Å²) in [6, 6.07) is 0. The minimum atomic E-state index is 0.768. The molecule has 0 saturated heterocycles. The lowest BCUT2D eigenvalue weighted by atomic mass is 10.2. The molecule has 0 spiro atoms. The van der Waals surface area contributed by atoms with Crippen LogP contribution in [0.15, 0.2) is 17.8 Å². The number of hydrogen-bond acceptors (Lipinski definition) is 1. The van der Waals surface area contributed by atoms with Gasteiger partial charge in [0, 0.05) is 16.2 Å². The van der Waals surface area contributed by atoms with Crippen LogP contribution in [0.5, 0.6) is 0 Å². The van der Waals surface area contributed by atoms with E-state index in [1.165, 1.54) is 0 Å². The topological polar surface area (TPSA) is 28.1 Å². The van der Waals surface area contributed by atoms with Gasteiger partial charge >= 0.3 is 0 Å². The van der Waals surface area contributed by atoms with Crippen LogP contribution in [-0.4, -0.2) is 11.7 Å². The van der Waals surface area contributed by atoms with E-state index in [0.29, 0.717) is 0 Å². The summed E-state index contributed by atoms with van der Waals surface area (Å²) in [6.07, 6.45) is 1.88. The second-order valence-electron chi connectivity index (χ2n) is 2.26. The number of rotatable bonds is 2. The highest BCUT2D eigenvalue weighted by Gasteiger charge is 2.07. The normalized spacial score (nSPS) is 9.64. The Balaban J connectivity index is 3.28. The lowest BCUT2D eigenvalue weighted by molar-refractivity contribution is 1.34. The van der Waals surface area contributed by atoms with E-state index in [2.05, 4.69) is 39.2 Å². The zero-order chi connectivity index (χ0) is 8.43. The number of aromatic amines is 1. The highest BCUT2D eigenvalue weighted by Crippen LogP contribution is 2.30. The molecule has 1 N–H and O–H groups in total. The average molecular weight is 213 g/mol. The quantitative estimate of drug-likeness (QED) is 0.731. The van der Waals surface area contributed by atoms with Gasteiger partial charge in [-0.3, -0.25) is 0 Å². The molecular weight excluding hydrogens is 204 g/mol. The maximum atomic E-state index is 3.82. The zero-order valence-electron chi connectivity index (χ0n) is 6.32. The highest BCUT2D eigenvalue weighted by atomic mass is 79.9. The van der Waals surface area contributed by atoms with E-state index in [1.54, 1.807) is 0 Å². The fraction of sp³-hybridized carbons (Fsp3) is 0.125. The van der Waals surface area contributed by atoms with Crippen LogP contribution in [0.1, 0.15) is 11.1 Å². The van der Waals surface area contributed by atoms with Gasteiger partial charge in [0.2, 0.25) is 0 Å². The summed E-state index contributed by atoms with van der Waals surface area (Å²) < 4.78 is 0.832. The molecule has 0 aromatic carbocycles. The summed E-state index contributed by atoms with van der Waals surface area (Å²) in [5.41, 5.74) is 2.12. The van der Waals surface area contributed by atoms with Gasteiger partial charge in [-0.05, 0) is 19.2 Å².